The first-order valence-corrected chi connectivity index (χ1v) is 6.05. The molecule has 2 N–H and O–H groups in total. The highest BCUT2D eigenvalue weighted by atomic mass is 16.3. The maximum absolute atomic E-state index is 9.68. The second-order valence-electron chi connectivity index (χ2n) is 4.23. The van der Waals surface area contributed by atoms with Crippen molar-refractivity contribution in [3.05, 3.63) is 60.3 Å². The van der Waals surface area contributed by atoms with Crippen molar-refractivity contribution in [1.82, 2.24) is 9.97 Å². The molecule has 0 spiro atoms. The van der Waals surface area contributed by atoms with Crippen LogP contribution in [-0.4, -0.2) is 15.1 Å². The second-order valence-corrected chi connectivity index (χ2v) is 4.23. The molecule has 3 aromatic rings. The molecule has 0 amide bonds. The molecule has 0 saturated carbocycles. The van der Waals surface area contributed by atoms with E-state index in [0.717, 1.165) is 16.6 Å². The summed E-state index contributed by atoms with van der Waals surface area (Å²) in [7, 11) is 0. The zero-order valence-electron chi connectivity index (χ0n) is 10.2. The molecule has 0 radical (unpaired) electrons. The van der Waals surface area contributed by atoms with E-state index in [2.05, 4.69) is 15.3 Å². The van der Waals surface area contributed by atoms with E-state index in [-0.39, 0.29) is 5.75 Å². The van der Waals surface area contributed by atoms with Crippen molar-refractivity contribution in [1.29, 1.82) is 0 Å². The quantitative estimate of drug-likeness (QED) is 0.751. The highest BCUT2D eigenvalue weighted by molar-refractivity contribution is 5.75. The molecule has 2 aromatic carbocycles. The van der Waals surface area contributed by atoms with Crippen molar-refractivity contribution in [2.24, 2.45) is 0 Å². The Balaban J connectivity index is 1.80. The fraction of sp³-hybridized carbons (Fsp3) is 0.0667. The zero-order valence-corrected chi connectivity index (χ0v) is 10.2. The number of fused-ring (bicyclic) bond motifs is 1. The van der Waals surface area contributed by atoms with Gasteiger partial charge in [0.2, 0.25) is 0 Å². The van der Waals surface area contributed by atoms with Gasteiger partial charge in [0.15, 0.2) is 0 Å². The number of phenolic OH excluding ortho intramolecular Hbond substituents is 1. The minimum atomic E-state index is 0.281. The van der Waals surface area contributed by atoms with E-state index >= 15 is 0 Å². The Morgan fingerprint density at radius 3 is 2.53 bits per heavy atom. The average Bonchev–Trinajstić information content (AvgIpc) is 2.46. The third kappa shape index (κ3) is 2.47. The number of aromatic hydroxyl groups is 1. The Hall–Kier alpha value is -2.62. The molecule has 0 fully saturated rings. The molecule has 0 atom stereocenters. The lowest BCUT2D eigenvalue weighted by Crippen LogP contribution is -2.02. The van der Waals surface area contributed by atoms with Gasteiger partial charge in [0, 0.05) is 12.1 Å². The maximum atomic E-state index is 9.68. The number of aromatic nitrogens is 2. The summed E-state index contributed by atoms with van der Waals surface area (Å²) in [6.45, 7) is 0.514. The van der Waals surface area contributed by atoms with Crippen LogP contribution >= 0.6 is 0 Å². The summed E-state index contributed by atoms with van der Waals surface area (Å²) >= 11 is 0. The van der Waals surface area contributed by atoms with Crippen molar-refractivity contribution in [2.75, 3.05) is 5.32 Å². The lowest BCUT2D eigenvalue weighted by molar-refractivity contribution is 0.469. The number of nitrogens with one attached hydrogen (secondary N) is 1. The van der Waals surface area contributed by atoms with Crippen molar-refractivity contribution in [3.8, 4) is 5.75 Å². The molecule has 0 unspecified atom stereocenters. The van der Waals surface area contributed by atoms with Gasteiger partial charge in [-0.2, -0.15) is 0 Å². The van der Waals surface area contributed by atoms with Gasteiger partial charge in [-0.25, -0.2) is 4.98 Å². The Morgan fingerprint density at radius 1 is 0.947 bits per heavy atom. The number of anilines is 1. The van der Waals surface area contributed by atoms with Gasteiger partial charge in [-0.15, -0.1) is 0 Å². The monoisotopic (exact) mass is 251 g/mol. The fourth-order valence-electron chi connectivity index (χ4n) is 1.89. The molecule has 0 bridgehead atoms. The van der Waals surface area contributed by atoms with E-state index in [9.17, 15) is 5.11 Å². The van der Waals surface area contributed by atoms with Gasteiger partial charge in [-0.3, -0.25) is 4.98 Å². The molecule has 0 aliphatic rings. The van der Waals surface area contributed by atoms with Crippen LogP contribution in [0, 0.1) is 0 Å². The van der Waals surface area contributed by atoms with Gasteiger partial charge in [-0.1, -0.05) is 30.3 Å². The number of rotatable bonds is 3. The van der Waals surface area contributed by atoms with Gasteiger partial charge < -0.3 is 10.4 Å². The van der Waals surface area contributed by atoms with Crippen LogP contribution in [-0.2, 0) is 6.54 Å². The van der Waals surface area contributed by atoms with Crippen LogP contribution in [0.3, 0.4) is 0 Å². The molecule has 1 heterocycles. The van der Waals surface area contributed by atoms with Gasteiger partial charge in [0.25, 0.3) is 0 Å². The first-order chi connectivity index (χ1) is 9.33. The minimum Gasteiger partial charge on any atom is -0.508 e. The van der Waals surface area contributed by atoms with Crippen LogP contribution in [0.2, 0.25) is 0 Å². The Kier molecular flexibility index (Phi) is 2.98. The highest BCUT2D eigenvalue weighted by Crippen LogP contribution is 2.17. The number of hydrogen-bond acceptors (Lipinski definition) is 4. The molecule has 0 aliphatic carbocycles. The predicted octanol–water partition coefficient (Wildman–Crippen LogP) is 2.95. The van der Waals surface area contributed by atoms with Gasteiger partial charge in [0.1, 0.15) is 11.6 Å². The number of benzene rings is 2. The van der Waals surface area contributed by atoms with E-state index in [1.54, 1.807) is 18.3 Å². The molecule has 94 valence electrons. The summed E-state index contributed by atoms with van der Waals surface area (Å²) in [6.07, 6.45) is 1.70. The minimum absolute atomic E-state index is 0.281. The topological polar surface area (TPSA) is 58.0 Å². The van der Waals surface area contributed by atoms with E-state index in [1.165, 1.54) is 0 Å². The molecule has 4 nitrogen and oxygen atoms in total. The summed E-state index contributed by atoms with van der Waals surface area (Å²) in [5.74, 6) is 0.978. The van der Waals surface area contributed by atoms with Crippen molar-refractivity contribution in [2.45, 2.75) is 6.54 Å². The number of hydrogen-bond donors (Lipinski definition) is 2. The molecule has 4 heteroatoms. The second kappa shape index (κ2) is 4.94. The smallest absolute Gasteiger partial charge is 0.145 e. The highest BCUT2D eigenvalue weighted by Gasteiger charge is 2.01. The summed E-state index contributed by atoms with van der Waals surface area (Å²) < 4.78 is 0. The first-order valence-electron chi connectivity index (χ1n) is 6.05. The number of phenols is 1. The van der Waals surface area contributed by atoms with Crippen LogP contribution in [0.4, 0.5) is 5.82 Å². The summed E-state index contributed by atoms with van der Waals surface area (Å²) in [4.78, 5) is 8.79. The fourth-order valence-corrected chi connectivity index (χ4v) is 1.89. The van der Waals surface area contributed by atoms with Gasteiger partial charge in [-0.05, 0) is 18.2 Å². The summed E-state index contributed by atoms with van der Waals surface area (Å²) in [5.41, 5.74) is 2.55. The lowest BCUT2D eigenvalue weighted by atomic mass is 10.2. The van der Waals surface area contributed by atoms with Crippen molar-refractivity contribution >= 4 is 16.9 Å². The lowest BCUT2D eigenvalue weighted by Gasteiger charge is -2.07. The third-order valence-corrected chi connectivity index (χ3v) is 2.90. The molecule has 19 heavy (non-hydrogen) atoms. The SMILES string of the molecule is Oc1ccccc1CNc1cnc2ccccc2n1. The normalized spacial score (nSPS) is 10.5. The molecule has 3 rings (SSSR count). The summed E-state index contributed by atoms with van der Waals surface area (Å²) in [5, 5.41) is 12.8. The first kappa shape index (κ1) is 11.5. The standard InChI is InChI=1S/C15H13N3O/c19-14-8-4-1-5-11(14)9-17-15-10-16-12-6-2-3-7-13(12)18-15/h1-8,10,19H,9H2,(H,17,18). The molecule has 1 aromatic heterocycles. The maximum Gasteiger partial charge on any atom is 0.145 e. The van der Waals surface area contributed by atoms with Crippen molar-refractivity contribution < 1.29 is 5.11 Å². The third-order valence-electron chi connectivity index (χ3n) is 2.90. The molecule has 0 aliphatic heterocycles. The number of para-hydroxylation sites is 3. The van der Waals surface area contributed by atoms with Crippen LogP contribution in [0.25, 0.3) is 11.0 Å². The van der Waals surface area contributed by atoms with Gasteiger partial charge >= 0.3 is 0 Å². The zero-order chi connectivity index (χ0) is 13.1. The van der Waals surface area contributed by atoms with E-state index in [4.69, 9.17) is 0 Å². The predicted molar refractivity (Wildman–Crippen MR) is 75.0 cm³/mol. The van der Waals surface area contributed by atoms with E-state index in [1.807, 2.05) is 36.4 Å². The van der Waals surface area contributed by atoms with E-state index < -0.39 is 0 Å². The van der Waals surface area contributed by atoms with Crippen LogP contribution in [0.1, 0.15) is 5.56 Å². The Morgan fingerprint density at radius 2 is 1.68 bits per heavy atom. The molecule has 0 saturated heterocycles. The Labute approximate surface area is 110 Å². The Bertz CT molecular complexity index is 712. The molecular weight excluding hydrogens is 238 g/mol. The number of nitrogens with zero attached hydrogens (tertiary/aromatic N) is 2. The van der Waals surface area contributed by atoms with Gasteiger partial charge in [0.05, 0.1) is 17.2 Å². The van der Waals surface area contributed by atoms with Crippen LogP contribution < -0.4 is 5.32 Å². The van der Waals surface area contributed by atoms with Crippen LogP contribution in [0.5, 0.6) is 5.75 Å². The van der Waals surface area contributed by atoms with Crippen LogP contribution in [0.15, 0.2) is 54.7 Å². The largest absolute Gasteiger partial charge is 0.508 e. The van der Waals surface area contributed by atoms with Crippen molar-refractivity contribution in [3.63, 3.8) is 0 Å². The van der Waals surface area contributed by atoms with E-state index in [0.29, 0.717) is 12.4 Å². The summed E-state index contributed by atoms with van der Waals surface area (Å²) in [6, 6.07) is 15.0. The average molecular weight is 251 g/mol. The molecular formula is C15H13N3O.